The van der Waals surface area contributed by atoms with Crippen LogP contribution in [0.1, 0.15) is 31.4 Å². The van der Waals surface area contributed by atoms with Gasteiger partial charge in [0.2, 0.25) is 0 Å². The molecule has 6 nitrogen and oxygen atoms in total. The van der Waals surface area contributed by atoms with E-state index in [0.29, 0.717) is 12.8 Å². The zero-order valence-electron chi connectivity index (χ0n) is 13.8. The number of carbonyl (C=O) groups is 2. The number of benzene rings is 1. The quantitative estimate of drug-likeness (QED) is 0.566. The number of carboxylic acids is 1. The SMILES string of the molecule is Cc1ccc(C[C@H](N)[C@H](O)C(=O)N[C@@H](CC(C)C)C(=O)O)cc1. The van der Waals surface area contributed by atoms with E-state index in [1.165, 1.54) is 0 Å². The van der Waals surface area contributed by atoms with Gasteiger partial charge in [0.05, 0.1) is 0 Å². The average Bonchev–Trinajstić information content (AvgIpc) is 2.47. The second-order valence-electron chi connectivity index (χ2n) is 6.33. The first-order chi connectivity index (χ1) is 10.7. The molecule has 0 saturated heterocycles. The highest BCUT2D eigenvalue weighted by atomic mass is 16.4. The number of nitrogens with one attached hydrogen (secondary N) is 1. The lowest BCUT2D eigenvalue weighted by atomic mass is 9.99. The van der Waals surface area contributed by atoms with Gasteiger partial charge in [-0.25, -0.2) is 4.79 Å². The number of carboxylic acid groups (broad SMARTS) is 1. The fourth-order valence-electron chi connectivity index (χ4n) is 2.25. The number of aryl methyl sites for hydroxylation is 1. The second kappa shape index (κ2) is 8.64. The van der Waals surface area contributed by atoms with Crippen LogP contribution in [-0.4, -0.2) is 40.3 Å². The molecule has 0 aliphatic heterocycles. The predicted molar refractivity (Wildman–Crippen MR) is 87.9 cm³/mol. The van der Waals surface area contributed by atoms with Crippen molar-refractivity contribution < 1.29 is 19.8 Å². The molecule has 128 valence electrons. The van der Waals surface area contributed by atoms with E-state index < -0.39 is 30.1 Å². The minimum atomic E-state index is -1.45. The van der Waals surface area contributed by atoms with Gasteiger partial charge < -0.3 is 21.3 Å². The van der Waals surface area contributed by atoms with Crippen LogP contribution in [0.2, 0.25) is 0 Å². The molecule has 0 aliphatic carbocycles. The van der Waals surface area contributed by atoms with Gasteiger partial charge in [-0.3, -0.25) is 4.79 Å². The van der Waals surface area contributed by atoms with E-state index in [4.69, 9.17) is 10.8 Å². The Balaban J connectivity index is 2.63. The van der Waals surface area contributed by atoms with Gasteiger partial charge in [0.1, 0.15) is 12.1 Å². The van der Waals surface area contributed by atoms with Gasteiger partial charge in [0, 0.05) is 6.04 Å². The van der Waals surface area contributed by atoms with Crippen LogP contribution in [0, 0.1) is 12.8 Å². The molecular formula is C17H26N2O4. The maximum Gasteiger partial charge on any atom is 0.326 e. The lowest BCUT2D eigenvalue weighted by molar-refractivity contribution is -0.144. The molecule has 5 N–H and O–H groups in total. The summed E-state index contributed by atoms with van der Waals surface area (Å²) in [4.78, 5) is 23.2. The molecular weight excluding hydrogens is 296 g/mol. The van der Waals surface area contributed by atoms with Crippen LogP contribution in [0.25, 0.3) is 0 Å². The minimum Gasteiger partial charge on any atom is -0.480 e. The molecule has 0 aromatic heterocycles. The summed E-state index contributed by atoms with van der Waals surface area (Å²) in [6.07, 6.45) is -0.831. The van der Waals surface area contributed by atoms with Gasteiger partial charge in [-0.05, 0) is 31.2 Å². The molecule has 0 aliphatic rings. The van der Waals surface area contributed by atoms with E-state index in [2.05, 4.69) is 5.32 Å². The Bertz CT molecular complexity index is 528. The molecule has 0 radical (unpaired) electrons. The molecule has 0 heterocycles. The second-order valence-corrected chi connectivity index (χ2v) is 6.33. The minimum absolute atomic E-state index is 0.106. The summed E-state index contributed by atoms with van der Waals surface area (Å²) in [5.41, 5.74) is 7.90. The van der Waals surface area contributed by atoms with E-state index in [-0.39, 0.29) is 5.92 Å². The van der Waals surface area contributed by atoms with Crippen LogP contribution in [0.15, 0.2) is 24.3 Å². The number of aliphatic hydroxyl groups is 1. The van der Waals surface area contributed by atoms with E-state index >= 15 is 0 Å². The van der Waals surface area contributed by atoms with E-state index in [1.54, 1.807) is 0 Å². The number of aliphatic hydroxyl groups excluding tert-OH is 1. The molecule has 0 bridgehead atoms. The monoisotopic (exact) mass is 322 g/mol. The van der Waals surface area contributed by atoms with Crippen molar-refractivity contribution in [2.24, 2.45) is 11.7 Å². The highest BCUT2D eigenvalue weighted by molar-refractivity contribution is 5.86. The molecule has 0 fully saturated rings. The number of carbonyl (C=O) groups excluding carboxylic acids is 1. The van der Waals surface area contributed by atoms with Crippen molar-refractivity contribution >= 4 is 11.9 Å². The number of rotatable bonds is 8. The fourth-order valence-corrected chi connectivity index (χ4v) is 2.25. The largest absolute Gasteiger partial charge is 0.480 e. The Morgan fingerprint density at radius 3 is 2.26 bits per heavy atom. The third kappa shape index (κ3) is 6.38. The molecule has 0 unspecified atom stereocenters. The molecule has 6 heteroatoms. The maximum absolute atomic E-state index is 12.0. The van der Waals surface area contributed by atoms with Crippen LogP contribution in [-0.2, 0) is 16.0 Å². The van der Waals surface area contributed by atoms with Crippen molar-refractivity contribution in [2.45, 2.75) is 51.8 Å². The third-order valence-electron chi connectivity index (χ3n) is 3.59. The highest BCUT2D eigenvalue weighted by Crippen LogP contribution is 2.09. The first-order valence-corrected chi connectivity index (χ1v) is 7.73. The van der Waals surface area contributed by atoms with Gasteiger partial charge in [0.25, 0.3) is 5.91 Å². The lowest BCUT2D eigenvalue weighted by Crippen LogP contribution is -2.52. The van der Waals surface area contributed by atoms with Crippen LogP contribution in [0.4, 0.5) is 0 Å². The maximum atomic E-state index is 12.0. The summed E-state index contributed by atoms with van der Waals surface area (Å²) >= 11 is 0. The van der Waals surface area contributed by atoms with Gasteiger partial charge in [0.15, 0.2) is 0 Å². The van der Waals surface area contributed by atoms with Crippen molar-refractivity contribution in [3.05, 3.63) is 35.4 Å². The molecule has 1 rings (SSSR count). The van der Waals surface area contributed by atoms with E-state index in [0.717, 1.165) is 11.1 Å². The van der Waals surface area contributed by atoms with Crippen molar-refractivity contribution in [3.63, 3.8) is 0 Å². The Labute approximate surface area is 136 Å². The van der Waals surface area contributed by atoms with Crippen LogP contribution in [0.5, 0.6) is 0 Å². The Morgan fingerprint density at radius 2 is 1.78 bits per heavy atom. The summed E-state index contributed by atoms with van der Waals surface area (Å²) in [5.74, 6) is -1.77. The summed E-state index contributed by atoms with van der Waals surface area (Å²) < 4.78 is 0. The molecule has 3 atom stereocenters. The van der Waals surface area contributed by atoms with Gasteiger partial charge >= 0.3 is 5.97 Å². The highest BCUT2D eigenvalue weighted by Gasteiger charge is 2.28. The van der Waals surface area contributed by atoms with Crippen LogP contribution < -0.4 is 11.1 Å². The topological polar surface area (TPSA) is 113 Å². The third-order valence-corrected chi connectivity index (χ3v) is 3.59. The molecule has 23 heavy (non-hydrogen) atoms. The number of hydrogen-bond acceptors (Lipinski definition) is 4. The van der Waals surface area contributed by atoms with Gasteiger partial charge in [-0.1, -0.05) is 43.7 Å². The summed E-state index contributed by atoms with van der Waals surface area (Å²) in [6.45, 7) is 5.69. The van der Waals surface area contributed by atoms with Crippen LogP contribution in [0.3, 0.4) is 0 Å². The zero-order valence-corrected chi connectivity index (χ0v) is 13.8. The van der Waals surface area contributed by atoms with E-state index in [1.807, 2.05) is 45.0 Å². The molecule has 1 aromatic carbocycles. The fraction of sp³-hybridized carbons (Fsp3) is 0.529. The molecule has 1 amide bonds. The zero-order chi connectivity index (χ0) is 17.6. The molecule has 0 spiro atoms. The number of nitrogens with two attached hydrogens (primary N) is 1. The molecule has 1 aromatic rings. The Morgan fingerprint density at radius 1 is 1.22 bits per heavy atom. The van der Waals surface area contributed by atoms with Crippen LogP contribution >= 0.6 is 0 Å². The van der Waals surface area contributed by atoms with Crippen molar-refractivity contribution in [3.8, 4) is 0 Å². The summed E-state index contributed by atoms with van der Waals surface area (Å²) in [5, 5.41) is 21.5. The Hall–Kier alpha value is -1.92. The van der Waals surface area contributed by atoms with Crippen molar-refractivity contribution in [1.82, 2.24) is 5.32 Å². The number of hydrogen-bond donors (Lipinski definition) is 4. The number of aliphatic carboxylic acids is 1. The Kier molecular flexibility index (Phi) is 7.19. The standard InChI is InChI=1S/C17H26N2O4/c1-10(2)8-14(17(22)23)19-16(21)15(20)13(18)9-12-6-4-11(3)5-7-12/h4-7,10,13-15,20H,8-9,18H2,1-3H3,(H,19,21)(H,22,23)/t13-,14-,15-/m0/s1. The first-order valence-electron chi connectivity index (χ1n) is 7.73. The van der Waals surface area contributed by atoms with Gasteiger partial charge in [-0.2, -0.15) is 0 Å². The normalized spacial score (nSPS) is 15.0. The van der Waals surface area contributed by atoms with Gasteiger partial charge in [-0.15, -0.1) is 0 Å². The first kappa shape index (κ1) is 19.1. The number of amides is 1. The predicted octanol–water partition coefficient (Wildman–Crippen LogP) is 0.841. The smallest absolute Gasteiger partial charge is 0.326 e. The van der Waals surface area contributed by atoms with Crippen molar-refractivity contribution in [1.29, 1.82) is 0 Å². The van der Waals surface area contributed by atoms with Crippen molar-refractivity contribution in [2.75, 3.05) is 0 Å². The average molecular weight is 322 g/mol. The summed E-state index contributed by atoms with van der Waals surface area (Å²) in [7, 11) is 0. The van der Waals surface area contributed by atoms with E-state index in [9.17, 15) is 14.7 Å². The lowest BCUT2D eigenvalue weighted by Gasteiger charge is -2.22. The molecule has 0 saturated carbocycles. The summed E-state index contributed by atoms with van der Waals surface area (Å²) in [6, 6.07) is 5.81.